The van der Waals surface area contributed by atoms with E-state index in [0.717, 1.165) is 41.1 Å². The molecule has 0 aliphatic carbocycles. The van der Waals surface area contributed by atoms with Gasteiger partial charge < -0.3 is 9.30 Å². The normalized spacial score (nSPS) is 17.6. The Kier molecular flexibility index (Phi) is 5.14. The van der Waals surface area contributed by atoms with Crippen molar-refractivity contribution in [3.05, 3.63) is 60.3 Å². The van der Waals surface area contributed by atoms with Gasteiger partial charge in [-0.1, -0.05) is 12.1 Å². The fourth-order valence-corrected chi connectivity index (χ4v) is 5.42. The fourth-order valence-electron chi connectivity index (χ4n) is 3.78. The number of imidazole rings is 1. The predicted molar refractivity (Wildman–Crippen MR) is 110 cm³/mol. The minimum atomic E-state index is -3.67. The van der Waals surface area contributed by atoms with Crippen molar-refractivity contribution in [2.45, 2.75) is 30.8 Å². The number of methoxy groups -OCH3 is 1. The smallest absolute Gasteiger partial charge is 0.262 e. The molecule has 0 amide bonds. The summed E-state index contributed by atoms with van der Waals surface area (Å²) < 4.78 is 34.7. The molecule has 1 saturated heterocycles. The summed E-state index contributed by atoms with van der Waals surface area (Å²) in [5, 5.41) is 0.0786. The van der Waals surface area contributed by atoms with E-state index < -0.39 is 10.0 Å². The van der Waals surface area contributed by atoms with Crippen LogP contribution in [0.25, 0.3) is 11.1 Å². The van der Waals surface area contributed by atoms with Crippen LogP contribution in [0.2, 0.25) is 0 Å². The van der Waals surface area contributed by atoms with Crippen LogP contribution in [0.15, 0.2) is 53.9 Å². The quantitative estimate of drug-likeness (QED) is 0.642. The van der Waals surface area contributed by atoms with Crippen molar-refractivity contribution in [3.8, 4) is 16.9 Å². The van der Waals surface area contributed by atoms with Gasteiger partial charge in [-0.05, 0) is 55.2 Å². The molecular formula is C21H24N4O3S. The lowest BCUT2D eigenvalue weighted by Gasteiger charge is -2.23. The number of ether oxygens (including phenoxy) is 1. The number of hydrogen-bond donors (Lipinski definition) is 0. The van der Waals surface area contributed by atoms with Gasteiger partial charge in [0.05, 0.1) is 25.2 Å². The Morgan fingerprint density at radius 3 is 2.55 bits per heavy atom. The van der Waals surface area contributed by atoms with Gasteiger partial charge in [0.2, 0.25) is 0 Å². The summed E-state index contributed by atoms with van der Waals surface area (Å²) in [6.45, 7) is 2.40. The van der Waals surface area contributed by atoms with Crippen LogP contribution in [0.5, 0.6) is 5.75 Å². The first kappa shape index (κ1) is 19.6. The Morgan fingerprint density at radius 2 is 1.90 bits per heavy atom. The van der Waals surface area contributed by atoms with E-state index in [1.54, 1.807) is 18.7 Å². The van der Waals surface area contributed by atoms with E-state index in [0.29, 0.717) is 6.54 Å². The molecule has 4 rings (SSSR count). The van der Waals surface area contributed by atoms with Crippen molar-refractivity contribution < 1.29 is 13.2 Å². The lowest BCUT2D eigenvalue weighted by atomic mass is 10.0. The molecule has 7 nitrogen and oxygen atoms in total. The molecule has 1 aliphatic rings. The van der Waals surface area contributed by atoms with Crippen molar-refractivity contribution in [2.75, 3.05) is 13.7 Å². The zero-order chi connectivity index (χ0) is 20.6. The van der Waals surface area contributed by atoms with E-state index >= 15 is 0 Å². The van der Waals surface area contributed by atoms with Crippen molar-refractivity contribution >= 4 is 10.0 Å². The highest BCUT2D eigenvalue weighted by Gasteiger charge is 2.38. The van der Waals surface area contributed by atoms with Crippen LogP contribution in [-0.4, -0.2) is 40.9 Å². The molecule has 1 atom stereocenters. The van der Waals surface area contributed by atoms with E-state index in [2.05, 4.69) is 9.97 Å². The highest BCUT2D eigenvalue weighted by molar-refractivity contribution is 7.89. The molecule has 3 aromatic rings. The lowest BCUT2D eigenvalue weighted by molar-refractivity contribution is 0.388. The summed E-state index contributed by atoms with van der Waals surface area (Å²) in [6, 6.07) is 11.5. The lowest BCUT2D eigenvalue weighted by Crippen LogP contribution is -2.31. The first-order valence-electron chi connectivity index (χ1n) is 9.51. The number of benzene rings is 1. The summed E-state index contributed by atoms with van der Waals surface area (Å²) in [7, 11) is -0.270. The maximum atomic E-state index is 13.2. The van der Waals surface area contributed by atoms with Crippen LogP contribution in [0, 0.1) is 6.92 Å². The second kappa shape index (κ2) is 7.61. The van der Waals surface area contributed by atoms with E-state index in [1.165, 1.54) is 16.8 Å². The Hall–Kier alpha value is -2.71. The Morgan fingerprint density at radius 1 is 1.14 bits per heavy atom. The van der Waals surface area contributed by atoms with E-state index in [-0.39, 0.29) is 11.1 Å². The van der Waals surface area contributed by atoms with E-state index in [1.807, 2.05) is 43.3 Å². The fraction of sp³-hybridized carbons (Fsp3) is 0.333. The molecule has 0 N–H and O–H groups in total. The Bertz CT molecular complexity index is 1120. The van der Waals surface area contributed by atoms with Crippen LogP contribution in [-0.2, 0) is 17.1 Å². The molecule has 0 bridgehead atoms. The van der Waals surface area contributed by atoms with Crippen molar-refractivity contribution in [3.63, 3.8) is 0 Å². The molecular weight excluding hydrogens is 388 g/mol. The van der Waals surface area contributed by atoms with Gasteiger partial charge >= 0.3 is 0 Å². The number of hydrogen-bond acceptors (Lipinski definition) is 5. The van der Waals surface area contributed by atoms with Crippen molar-refractivity contribution in [1.29, 1.82) is 0 Å². The summed E-state index contributed by atoms with van der Waals surface area (Å²) >= 11 is 0. The average molecular weight is 413 g/mol. The molecule has 0 saturated carbocycles. The van der Waals surface area contributed by atoms with Crippen LogP contribution in [0.4, 0.5) is 0 Å². The zero-order valence-electron chi connectivity index (χ0n) is 16.7. The first-order valence-corrected chi connectivity index (χ1v) is 11.0. The number of pyridine rings is 1. The zero-order valence-corrected chi connectivity index (χ0v) is 17.6. The molecule has 0 spiro atoms. The number of aromatic nitrogens is 3. The minimum Gasteiger partial charge on any atom is -0.497 e. The van der Waals surface area contributed by atoms with Gasteiger partial charge in [-0.25, -0.2) is 13.4 Å². The molecule has 1 aliphatic heterocycles. The molecule has 29 heavy (non-hydrogen) atoms. The molecule has 1 fully saturated rings. The number of rotatable bonds is 5. The summed E-state index contributed by atoms with van der Waals surface area (Å²) in [4.78, 5) is 8.74. The van der Waals surface area contributed by atoms with Crippen molar-refractivity contribution in [2.24, 2.45) is 7.05 Å². The maximum Gasteiger partial charge on any atom is 0.262 e. The summed E-state index contributed by atoms with van der Waals surface area (Å²) in [6.07, 6.45) is 4.58. The van der Waals surface area contributed by atoms with Gasteiger partial charge in [0.15, 0.2) is 5.03 Å². The van der Waals surface area contributed by atoms with Crippen LogP contribution < -0.4 is 4.74 Å². The average Bonchev–Trinajstić information content (AvgIpc) is 3.37. The molecule has 8 heteroatoms. The topological polar surface area (TPSA) is 77.3 Å². The van der Waals surface area contributed by atoms with Gasteiger partial charge in [0.25, 0.3) is 10.0 Å². The minimum absolute atomic E-state index is 0.0786. The highest BCUT2D eigenvalue weighted by Crippen LogP contribution is 2.37. The van der Waals surface area contributed by atoms with Crippen LogP contribution >= 0.6 is 0 Å². The van der Waals surface area contributed by atoms with E-state index in [4.69, 9.17) is 4.74 Å². The van der Waals surface area contributed by atoms with Crippen LogP contribution in [0.3, 0.4) is 0 Å². The highest BCUT2D eigenvalue weighted by atomic mass is 32.2. The van der Waals surface area contributed by atoms with Gasteiger partial charge in [0, 0.05) is 25.5 Å². The van der Waals surface area contributed by atoms with Gasteiger partial charge in [-0.15, -0.1) is 0 Å². The molecule has 1 aromatic carbocycles. The van der Waals surface area contributed by atoms with Crippen molar-refractivity contribution in [1.82, 2.24) is 18.8 Å². The second-order valence-corrected chi connectivity index (χ2v) is 9.14. The predicted octanol–water partition coefficient (Wildman–Crippen LogP) is 3.32. The largest absolute Gasteiger partial charge is 0.497 e. The molecule has 0 unspecified atom stereocenters. The van der Waals surface area contributed by atoms with Crippen LogP contribution in [0.1, 0.15) is 30.3 Å². The van der Waals surface area contributed by atoms with Gasteiger partial charge in [-0.2, -0.15) is 4.31 Å². The third kappa shape index (κ3) is 3.77. The molecule has 152 valence electrons. The third-order valence-corrected chi connectivity index (χ3v) is 6.99. The molecule has 2 aromatic heterocycles. The number of sulfonamides is 1. The standard InChI is InChI=1S/C21H24N4O3S/c1-15-11-17(16-6-8-18(28-3)9-7-16)12-19(23-15)20-5-4-10-25(20)29(26,27)21-13-24(2)14-22-21/h6-9,11-14,20H,4-5,10H2,1-3H3/t20-/m0/s1. The Balaban J connectivity index is 1.71. The monoisotopic (exact) mass is 412 g/mol. The first-order chi connectivity index (χ1) is 13.9. The summed E-state index contributed by atoms with van der Waals surface area (Å²) in [5.41, 5.74) is 3.68. The molecule has 3 heterocycles. The summed E-state index contributed by atoms with van der Waals surface area (Å²) in [5.74, 6) is 0.795. The third-order valence-electron chi connectivity index (χ3n) is 5.20. The number of nitrogens with zero attached hydrogens (tertiary/aromatic N) is 4. The maximum absolute atomic E-state index is 13.2. The second-order valence-electron chi connectivity index (χ2n) is 7.30. The van der Waals surface area contributed by atoms with Gasteiger partial charge in [-0.3, -0.25) is 4.98 Å². The SMILES string of the molecule is COc1ccc(-c2cc(C)nc([C@@H]3CCCN3S(=O)(=O)c3cn(C)cn3)c2)cc1. The van der Waals surface area contributed by atoms with E-state index in [9.17, 15) is 8.42 Å². The Labute approximate surface area is 171 Å². The molecule has 0 radical (unpaired) electrons. The van der Waals surface area contributed by atoms with Gasteiger partial charge in [0.1, 0.15) is 5.75 Å². The number of aryl methyl sites for hydroxylation is 2.